The number of fused-ring (bicyclic) bond motifs is 1. The lowest BCUT2D eigenvalue weighted by Crippen LogP contribution is -2.35. The quantitative estimate of drug-likeness (QED) is 0.658. The maximum Gasteiger partial charge on any atom is 0.258 e. The van der Waals surface area contributed by atoms with Crippen LogP contribution in [0.5, 0.6) is 0 Å². The van der Waals surface area contributed by atoms with E-state index in [1.165, 1.54) is 5.56 Å². The van der Waals surface area contributed by atoms with Crippen LogP contribution in [0.4, 0.5) is 5.69 Å². The predicted octanol–water partition coefficient (Wildman–Crippen LogP) is 4.73. The molecule has 132 valence electrons. The summed E-state index contributed by atoms with van der Waals surface area (Å²) in [5.41, 5.74) is 5.49. The molecule has 4 nitrogen and oxygen atoms in total. The van der Waals surface area contributed by atoms with Crippen LogP contribution in [0.2, 0.25) is 5.02 Å². The number of benzene rings is 2. The van der Waals surface area contributed by atoms with E-state index in [1.807, 2.05) is 61.2 Å². The van der Waals surface area contributed by atoms with Gasteiger partial charge in [0.1, 0.15) is 0 Å². The molecule has 0 spiro atoms. The van der Waals surface area contributed by atoms with Crippen LogP contribution in [0.25, 0.3) is 5.69 Å². The largest absolute Gasteiger partial charge is 0.305 e. The molecule has 4 rings (SSSR count). The Kier molecular flexibility index (Phi) is 4.08. The molecule has 0 unspecified atom stereocenters. The molecular formula is C21H20ClN3O. The molecule has 0 fully saturated rings. The van der Waals surface area contributed by atoms with Crippen molar-refractivity contribution >= 4 is 23.2 Å². The molecule has 0 saturated carbocycles. The Morgan fingerprint density at radius 1 is 1.12 bits per heavy atom. The van der Waals surface area contributed by atoms with Crippen LogP contribution in [-0.4, -0.2) is 21.7 Å². The number of carbonyl (C=O) groups is 1. The number of aryl methyl sites for hydroxylation is 1. The van der Waals surface area contributed by atoms with Gasteiger partial charge in [0, 0.05) is 17.3 Å². The summed E-state index contributed by atoms with van der Waals surface area (Å²) in [4.78, 5) is 15.0. The molecule has 1 aliphatic heterocycles. The van der Waals surface area contributed by atoms with Gasteiger partial charge in [0.25, 0.3) is 5.91 Å². The van der Waals surface area contributed by atoms with E-state index < -0.39 is 0 Å². The zero-order valence-electron chi connectivity index (χ0n) is 15.0. The fourth-order valence-electron chi connectivity index (χ4n) is 3.63. The standard InChI is InChI=1S/C21H20ClN3O/c1-13-12-17-6-4-5-7-19(17)24(13)21(26)16-8-10-18(11-9-16)25-15(3)20(22)14(2)23-25/h4-11,13H,12H2,1-3H3/t13-/m1/s1. The van der Waals surface area contributed by atoms with Crippen molar-refractivity contribution in [2.24, 2.45) is 0 Å². The zero-order valence-corrected chi connectivity index (χ0v) is 15.8. The molecule has 2 heterocycles. The van der Waals surface area contributed by atoms with Crippen molar-refractivity contribution in [2.45, 2.75) is 33.2 Å². The summed E-state index contributed by atoms with van der Waals surface area (Å²) in [7, 11) is 0. The van der Waals surface area contributed by atoms with Crippen molar-refractivity contribution in [2.75, 3.05) is 4.90 Å². The highest BCUT2D eigenvalue weighted by Gasteiger charge is 2.31. The number of anilines is 1. The van der Waals surface area contributed by atoms with Crippen LogP contribution >= 0.6 is 11.6 Å². The maximum absolute atomic E-state index is 13.1. The molecule has 0 saturated heterocycles. The van der Waals surface area contributed by atoms with Gasteiger partial charge in [-0.3, -0.25) is 4.79 Å². The first kappa shape index (κ1) is 16.9. The molecule has 1 atom stereocenters. The number of carbonyl (C=O) groups excluding carboxylic acids is 1. The second kappa shape index (κ2) is 6.29. The van der Waals surface area contributed by atoms with Gasteiger partial charge in [-0.25, -0.2) is 4.68 Å². The summed E-state index contributed by atoms with van der Waals surface area (Å²) < 4.78 is 1.81. The predicted molar refractivity (Wildman–Crippen MR) is 104 cm³/mol. The van der Waals surface area contributed by atoms with Crippen LogP contribution in [0, 0.1) is 13.8 Å². The van der Waals surface area contributed by atoms with E-state index >= 15 is 0 Å². The average Bonchev–Trinajstić information content (AvgIpc) is 3.12. The van der Waals surface area contributed by atoms with Gasteiger partial charge in [-0.15, -0.1) is 0 Å². The first-order chi connectivity index (χ1) is 12.5. The number of halogens is 1. The molecule has 0 bridgehead atoms. The van der Waals surface area contributed by atoms with E-state index in [-0.39, 0.29) is 11.9 Å². The minimum Gasteiger partial charge on any atom is -0.305 e. The zero-order chi connectivity index (χ0) is 18.4. The second-order valence-corrected chi connectivity index (χ2v) is 7.18. The Balaban J connectivity index is 1.65. The molecule has 0 aliphatic carbocycles. The van der Waals surface area contributed by atoms with E-state index in [4.69, 9.17) is 11.6 Å². The van der Waals surface area contributed by atoms with Gasteiger partial charge >= 0.3 is 0 Å². The van der Waals surface area contributed by atoms with Crippen LogP contribution in [0.15, 0.2) is 48.5 Å². The van der Waals surface area contributed by atoms with Crippen LogP contribution in [-0.2, 0) is 6.42 Å². The fourth-order valence-corrected chi connectivity index (χ4v) is 3.75. The molecular weight excluding hydrogens is 346 g/mol. The van der Waals surface area contributed by atoms with Gasteiger partial charge < -0.3 is 4.90 Å². The number of amides is 1. The summed E-state index contributed by atoms with van der Waals surface area (Å²) in [5.74, 6) is 0.0281. The van der Waals surface area contributed by atoms with Gasteiger partial charge in [0.2, 0.25) is 0 Å². The van der Waals surface area contributed by atoms with Crippen molar-refractivity contribution in [3.8, 4) is 5.69 Å². The highest BCUT2D eigenvalue weighted by molar-refractivity contribution is 6.31. The Hall–Kier alpha value is -2.59. The second-order valence-electron chi connectivity index (χ2n) is 6.80. The van der Waals surface area contributed by atoms with Crippen LogP contribution < -0.4 is 4.90 Å². The molecule has 2 aromatic carbocycles. The van der Waals surface area contributed by atoms with Crippen molar-refractivity contribution in [3.05, 3.63) is 76.1 Å². The van der Waals surface area contributed by atoms with Gasteiger partial charge in [0.05, 0.1) is 22.1 Å². The monoisotopic (exact) mass is 365 g/mol. The first-order valence-electron chi connectivity index (χ1n) is 8.71. The number of rotatable bonds is 2. The number of hydrogen-bond donors (Lipinski definition) is 0. The normalized spacial score (nSPS) is 16.0. The molecule has 5 heteroatoms. The smallest absolute Gasteiger partial charge is 0.258 e. The minimum atomic E-state index is 0.0281. The Morgan fingerprint density at radius 2 is 1.81 bits per heavy atom. The van der Waals surface area contributed by atoms with Crippen LogP contribution in [0.3, 0.4) is 0 Å². The molecule has 3 aromatic rings. The molecule has 0 N–H and O–H groups in total. The summed E-state index contributed by atoms with van der Waals surface area (Å²) in [6.45, 7) is 5.91. The highest BCUT2D eigenvalue weighted by Crippen LogP contribution is 2.33. The molecule has 26 heavy (non-hydrogen) atoms. The average molecular weight is 366 g/mol. The Bertz CT molecular complexity index is 991. The van der Waals surface area contributed by atoms with E-state index in [0.717, 1.165) is 29.2 Å². The molecule has 1 aliphatic rings. The minimum absolute atomic E-state index is 0.0281. The number of nitrogens with zero attached hydrogens (tertiary/aromatic N) is 3. The lowest BCUT2D eigenvalue weighted by molar-refractivity contribution is 0.0981. The molecule has 0 radical (unpaired) electrons. The third kappa shape index (κ3) is 2.61. The van der Waals surface area contributed by atoms with Crippen molar-refractivity contribution in [1.29, 1.82) is 0 Å². The SMILES string of the molecule is Cc1nn(-c2ccc(C(=O)N3c4ccccc4C[C@H]3C)cc2)c(C)c1Cl. The van der Waals surface area contributed by atoms with E-state index in [2.05, 4.69) is 18.1 Å². The first-order valence-corrected chi connectivity index (χ1v) is 9.09. The van der Waals surface area contributed by atoms with Crippen LogP contribution in [0.1, 0.15) is 34.2 Å². The highest BCUT2D eigenvalue weighted by atomic mass is 35.5. The lowest BCUT2D eigenvalue weighted by atomic mass is 10.1. The van der Waals surface area contributed by atoms with Gasteiger partial charge in [-0.2, -0.15) is 5.10 Å². The number of aromatic nitrogens is 2. The van der Waals surface area contributed by atoms with Crippen molar-refractivity contribution < 1.29 is 4.79 Å². The van der Waals surface area contributed by atoms with E-state index in [9.17, 15) is 4.79 Å². The third-order valence-electron chi connectivity index (χ3n) is 4.99. The van der Waals surface area contributed by atoms with E-state index in [1.54, 1.807) is 4.68 Å². The lowest BCUT2D eigenvalue weighted by Gasteiger charge is -2.23. The fraction of sp³-hybridized carbons (Fsp3) is 0.238. The van der Waals surface area contributed by atoms with E-state index in [0.29, 0.717) is 10.6 Å². The number of hydrogen-bond acceptors (Lipinski definition) is 2. The summed E-state index contributed by atoms with van der Waals surface area (Å²) >= 11 is 6.24. The number of para-hydroxylation sites is 1. The molecule has 1 aromatic heterocycles. The Labute approximate surface area is 158 Å². The van der Waals surface area contributed by atoms with Gasteiger partial charge in [-0.05, 0) is 63.1 Å². The van der Waals surface area contributed by atoms with Gasteiger partial charge in [-0.1, -0.05) is 29.8 Å². The summed E-state index contributed by atoms with van der Waals surface area (Å²) in [6.07, 6.45) is 0.893. The summed E-state index contributed by atoms with van der Waals surface area (Å²) in [6, 6.07) is 15.8. The van der Waals surface area contributed by atoms with Crippen molar-refractivity contribution in [1.82, 2.24) is 9.78 Å². The maximum atomic E-state index is 13.1. The topological polar surface area (TPSA) is 38.1 Å². The Morgan fingerprint density at radius 3 is 2.46 bits per heavy atom. The van der Waals surface area contributed by atoms with Gasteiger partial charge in [0.15, 0.2) is 0 Å². The van der Waals surface area contributed by atoms with Crippen molar-refractivity contribution in [3.63, 3.8) is 0 Å². The summed E-state index contributed by atoms with van der Waals surface area (Å²) in [5, 5.41) is 5.14. The molecule has 1 amide bonds. The third-order valence-corrected chi connectivity index (χ3v) is 5.53.